The van der Waals surface area contributed by atoms with Crippen molar-refractivity contribution in [1.82, 2.24) is 4.90 Å². The molecule has 2 amide bonds. The normalized spacial score (nSPS) is 14.3. The zero-order valence-corrected chi connectivity index (χ0v) is 16.8. The fraction of sp³-hybridized carbons (Fsp3) is 0.333. The van der Waals surface area contributed by atoms with Crippen LogP contribution in [0.5, 0.6) is 0 Å². The van der Waals surface area contributed by atoms with Crippen LogP contribution in [0.1, 0.15) is 36.0 Å². The van der Waals surface area contributed by atoms with Crippen LogP contribution < -0.4 is 10.6 Å². The quantitative estimate of drug-likeness (QED) is 0.734. The van der Waals surface area contributed by atoms with E-state index in [9.17, 15) is 9.59 Å². The number of anilines is 2. The van der Waals surface area contributed by atoms with Gasteiger partial charge in [-0.2, -0.15) is 0 Å². The van der Waals surface area contributed by atoms with E-state index in [1.165, 1.54) is 12.8 Å². The maximum Gasteiger partial charge on any atom is 0.253 e. The number of nitrogens with zero attached hydrogens (tertiary/aromatic N) is 1. The van der Waals surface area contributed by atoms with Gasteiger partial charge in [-0.15, -0.1) is 0 Å². The number of hydrogen-bond acceptors (Lipinski definition) is 3. The average Bonchev–Trinajstić information content (AvgIpc) is 2.97. The molecule has 1 heterocycles. The second kappa shape index (κ2) is 9.55. The Morgan fingerprint density at radius 3 is 2.26 bits per heavy atom. The largest absolute Gasteiger partial charge is 0.376 e. The van der Waals surface area contributed by atoms with Crippen molar-refractivity contribution in [2.45, 2.75) is 25.7 Å². The van der Waals surface area contributed by atoms with Gasteiger partial charge in [-0.05, 0) is 65.2 Å². The van der Waals surface area contributed by atoms with Crippen LogP contribution in [0.3, 0.4) is 0 Å². The highest BCUT2D eigenvalue weighted by atomic mass is 79.9. The third-order valence-corrected chi connectivity index (χ3v) is 5.32. The number of carbonyl (C=O) groups excluding carboxylic acids is 2. The summed E-state index contributed by atoms with van der Waals surface area (Å²) >= 11 is 3.41. The van der Waals surface area contributed by atoms with Crippen LogP contribution in [0.25, 0.3) is 0 Å². The number of amides is 2. The molecule has 1 aliphatic rings. The molecule has 3 rings (SSSR count). The van der Waals surface area contributed by atoms with E-state index in [2.05, 4.69) is 26.6 Å². The van der Waals surface area contributed by atoms with Crippen molar-refractivity contribution in [3.05, 3.63) is 58.6 Å². The molecule has 2 N–H and O–H groups in total. The van der Waals surface area contributed by atoms with Gasteiger partial charge < -0.3 is 15.5 Å². The second-order valence-corrected chi connectivity index (χ2v) is 7.52. The fourth-order valence-corrected chi connectivity index (χ4v) is 3.51. The molecular formula is C21H24BrN3O2. The Morgan fingerprint density at radius 1 is 0.926 bits per heavy atom. The number of benzene rings is 2. The summed E-state index contributed by atoms with van der Waals surface area (Å²) in [6, 6.07) is 14.8. The number of rotatable bonds is 5. The molecule has 0 aliphatic carbocycles. The molecule has 0 aromatic heterocycles. The van der Waals surface area contributed by atoms with E-state index < -0.39 is 0 Å². The minimum atomic E-state index is -0.133. The zero-order valence-electron chi connectivity index (χ0n) is 15.2. The summed E-state index contributed by atoms with van der Waals surface area (Å²) in [5, 5.41) is 5.94. The van der Waals surface area contributed by atoms with E-state index in [0.29, 0.717) is 5.56 Å². The lowest BCUT2D eigenvalue weighted by atomic mass is 10.1. The van der Waals surface area contributed by atoms with E-state index in [4.69, 9.17) is 0 Å². The summed E-state index contributed by atoms with van der Waals surface area (Å²) in [5.74, 6) is -0.0401. The first kappa shape index (κ1) is 19.4. The monoisotopic (exact) mass is 429 g/mol. The average molecular weight is 430 g/mol. The molecule has 0 saturated carbocycles. The summed E-state index contributed by atoms with van der Waals surface area (Å²) in [6.07, 6.45) is 4.57. The standard InChI is InChI=1S/C21H24BrN3O2/c22-18-7-3-4-8-19(18)24-20(26)15-23-17-11-9-16(10-12-17)21(27)25-13-5-1-2-6-14-25/h3-4,7-12,23H,1-2,5-6,13-15H2,(H,24,26). The lowest BCUT2D eigenvalue weighted by molar-refractivity contribution is -0.114. The van der Waals surface area contributed by atoms with Crippen LogP contribution in [0.2, 0.25) is 0 Å². The van der Waals surface area contributed by atoms with Crippen molar-refractivity contribution < 1.29 is 9.59 Å². The Labute approximate surface area is 168 Å². The molecule has 0 spiro atoms. The van der Waals surface area contributed by atoms with Gasteiger partial charge in [-0.25, -0.2) is 0 Å². The Morgan fingerprint density at radius 2 is 1.59 bits per heavy atom. The second-order valence-electron chi connectivity index (χ2n) is 6.67. The van der Waals surface area contributed by atoms with E-state index in [0.717, 1.165) is 41.8 Å². The summed E-state index contributed by atoms with van der Waals surface area (Å²) in [5.41, 5.74) is 2.24. The molecule has 0 unspecified atom stereocenters. The van der Waals surface area contributed by atoms with Gasteiger partial charge in [0.2, 0.25) is 5.91 Å². The zero-order chi connectivity index (χ0) is 19.1. The Hall–Kier alpha value is -2.34. The summed E-state index contributed by atoms with van der Waals surface area (Å²) < 4.78 is 0.842. The molecule has 142 valence electrons. The molecule has 0 radical (unpaired) electrons. The van der Waals surface area contributed by atoms with Gasteiger partial charge in [0.1, 0.15) is 0 Å². The van der Waals surface area contributed by atoms with Crippen molar-refractivity contribution >= 4 is 39.1 Å². The molecule has 1 aliphatic heterocycles. The third kappa shape index (κ3) is 5.57. The number of hydrogen-bond donors (Lipinski definition) is 2. The van der Waals surface area contributed by atoms with E-state index >= 15 is 0 Å². The Balaban J connectivity index is 1.52. The van der Waals surface area contributed by atoms with Gasteiger partial charge in [0.25, 0.3) is 5.91 Å². The minimum Gasteiger partial charge on any atom is -0.376 e. The molecule has 0 atom stereocenters. The maximum absolute atomic E-state index is 12.6. The highest BCUT2D eigenvalue weighted by molar-refractivity contribution is 9.10. The van der Waals surface area contributed by atoms with E-state index in [1.54, 1.807) is 0 Å². The number of carbonyl (C=O) groups is 2. The van der Waals surface area contributed by atoms with E-state index in [-0.39, 0.29) is 18.4 Å². The lowest BCUT2D eigenvalue weighted by Crippen LogP contribution is -2.31. The first-order valence-electron chi connectivity index (χ1n) is 9.31. The van der Waals surface area contributed by atoms with Crippen molar-refractivity contribution in [3.8, 4) is 0 Å². The molecule has 6 heteroatoms. The Bertz CT molecular complexity index is 784. The lowest BCUT2D eigenvalue weighted by Gasteiger charge is -2.20. The van der Waals surface area contributed by atoms with Gasteiger partial charge in [0.05, 0.1) is 12.2 Å². The van der Waals surface area contributed by atoms with Gasteiger partial charge in [0.15, 0.2) is 0 Å². The summed E-state index contributed by atoms with van der Waals surface area (Å²) in [4.78, 5) is 26.6. The fourth-order valence-electron chi connectivity index (χ4n) is 3.13. The Kier molecular flexibility index (Phi) is 6.87. The van der Waals surface area contributed by atoms with Crippen LogP contribution in [0.4, 0.5) is 11.4 Å². The van der Waals surface area contributed by atoms with Gasteiger partial charge in [-0.1, -0.05) is 25.0 Å². The molecule has 1 fully saturated rings. The number of nitrogens with one attached hydrogen (secondary N) is 2. The first-order chi connectivity index (χ1) is 13.1. The van der Waals surface area contributed by atoms with Crippen molar-refractivity contribution in [1.29, 1.82) is 0 Å². The minimum absolute atomic E-state index is 0.0927. The maximum atomic E-state index is 12.6. The molecule has 5 nitrogen and oxygen atoms in total. The highest BCUT2D eigenvalue weighted by Crippen LogP contribution is 2.21. The molecule has 27 heavy (non-hydrogen) atoms. The van der Waals surface area contributed by atoms with Crippen LogP contribution >= 0.6 is 15.9 Å². The van der Waals surface area contributed by atoms with Gasteiger partial charge in [0, 0.05) is 28.8 Å². The molecule has 1 saturated heterocycles. The third-order valence-electron chi connectivity index (χ3n) is 4.63. The van der Waals surface area contributed by atoms with Crippen molar-refractivity contribution in [2.24, 2.45) is 0 Å². The number of halogens is 1. The smallest absolute Gasteiger partial charge is 0.253 e. The SMILES string of the molecule is O=C(CNc1ccc(C(=O)N2CCCCCC2)cc1)Nc1ccccc1Br. The topological polar surface area (TPSA) is 61.4 Å². The van der Waals surface area contributed by atoms with E-state index in [1.807, 2.05) is 53.4 Å². The molecular weight excluding hydrogens is 406 g/mol. The van der Waals surface area contributed by atoms with Crippen LogP contribution in [-0.2, 0) is 4.79 Å². The summed E-state index contributed by atoms with van der Waals surface area (Å²) in [6.45, 7) is 1.84. The predicted octanol–water partition coefficient (Wildman–Crippen LogP) is 4.52. The number of para-hydroxylation sites is 1. The molecule has 2 aromatic carbocycles. The van der Waals surface area contributed by atoms with Crippen LogP contribution in [0, 0.1) is 0 Å². The first-order valence-corrected chi connectivity index (χ1v) is 10.1. The molecule has 0 bridgehead atoms. The van der Waals surface area contributed by atoms with Gasteiger partial charge in [-0.3, -0.25) is 9.59 Å². The van der Waals surface area contributed by atoms with Gasteiger partial charge >= 0.3 is 0 Å². The summed E-state index contributed by atoms with van der Waals surface area (Å²) in [7, 11) is 0. The van der Waals surface area contributed by atoms with Crippen LogP contribution in [0.15, 0.2) is 53.0 Å². The van der Waals surface area contributed by atoms with Crippen molar-refractivity contribution in [3.63, 3.8) is 0 Å². The van der Waals surface area contributed by atoms with Crippen molar-refractivity contribution in [2.75, 3.05) is 30.3 Å². The van der Waals surface area contributed by atoms with Crippen LogP contribution in [-0.4, -0.2) is 36.3 Å². The predicted molar refractivity (Wildman–Crippen MR) is 112 cm³/mol. The highest BCUT2D eigenvalue weighted by Gasteiger charge is 2.17. The number of likely N-dealkylation sites (tertiary alicyclic amines) is 1. The molecule has 2 aromatic rings.